The number of hydrogen-bond acceptors (Lipinski definition) is 3. The molecule has 6 heteroatoms. The van der Waals surface area contributed by atoms with Crippen molar-refractivity contribution in [2.75, 3.05) is 0 Å². The molecule has 82 valence electrons. The predicted molar refractivity (Wildman–Crippen MR) is 62.4 cm³/mol. The molecule has 5 nitrogen and oxygen atoms in total. The van der Waals surface area contributed by atoms with Crippen molar-refractivity contribution in [3.05, 3.63) is 36.9 Å². The van der Waals surface area contributed by atoms with Crippen LogP contribution in [0.15, 0.2) is 36.9 Å². The normalized spacial score (nSPS) is 10.3. The van der Waals surface area contributed by atoms with Gasteiger partial charge in [0, 0.05) is 25.0 Å². The molecule has 0 saturated heterocycles. The van der Waals surface area contributed by atoms with E-state index in [-0.39, 0.29) is 12.4 Å². The lowest BCUT2D eigenvalue weighted by Gasteiger charge is -1.85. The highest BCUT2D eigenvalue weighted by Crippen LogP contribution is 2.16. The fourth-order valence-electron chi connectivity index (χ4n) is 1.52. The van der Waals surface area contributed by atoms with Crippen LogP contribution in [0.25, 0.3) is 16.9 Å². The summed E-state index contributed by atoms with van der Waals surface area (Å²) in [5, 5.41) is 8.27. The Hall–Kier alpha value is -1.88. The van der Waals surface area contributed by atoms with Crippen molar-refractivity contribution in [1.29, 1.82) is 0 Å². The van der Waals surface area contributed by atoms with Crippen molar-refractivity contribution >= 4 is 18.1 Å². The van der Waals surface area contributed by atoms with Gasteiger partial charge in [0.2, 0.25) is 0 Å². The Morgan fingerprint density at radius 2 is 2.06 bits per heavy atom. The van der Waals surface area contributed by atoms with E-state index < -0.39 is 0 Å². The van der Waals surface area contributed by atoms with E-state index in [9.17, 15) is 0 Å². The minimum Gasteiger partial charge on any atom is -0.275 e. The van der Waals surface area contributed by atoms with Crippen molar-refractivity contribution in [3.63, 3.8) is 0 Å². The van der Waals surface area contributed by atoms with Gasteiger partial charge in [-0.05, 0) is 12.1 Å². The number of nitrogens with zero attached hydrogens (tertiary/aromatic N) is 5. The summed E-state index contributed by atoms with van der Waals surface area (Å²) >= 11 is 0. The summed E-state index contributed by atoms with van der Waals surface area (Å²) in [6.07, 6.45) is 7.36. The SMILES string of the molecule is Cl.Cn1cc(-c2cn3ncccc3n2)cn1. The quantitative estimate of drug-likeness (QED) is 0.643. The van der Waals surface area contributed by atoms with Gasteiger partial charge in [-0.2, -0.15) is 10.2 Å². The average Bonchev–Trinajstić information content (AvgIpc) is 2.82. The molecule has 0 aliphatic carbocycles. The molecule has 3 aromatic heterocycles. The van der Waals surface area contributed by atoms with E-state index in [4.69, 9.17) is 0 Å². The van der Waals surface area contributed by atoms with Crippen molar-refractivity contribution in [3.8, 4) is 11.3 Å². The molecule has 0 aromatic carbocycles. The summed E-state index contributed by atoms with van der Waals surface area (Å²) in [6, 6.07) is 3.79. The Balaban J connectivity index is 0.000000963. The van der Waals surface area contributed by atoms with Gasteiger partial charge in [0.25, 0.3) is 0 Å². The van der Waals surface area contributed by atoms with Crippen LogP contribution < -0.4 is 0 Å². The van der Waals surface area contributed by atoms with Gasteiger partial charge in [-0.3, -0.25) is 4.68 Å². The first-order chi connectivity index (χ1) is 7.33. The van der Waals surface area contributed by atoms with Crippen LogP contribution in [-0.4, -0.2) is 24.4 Å². The van der Waals surface area contributed by atoms with Crippen molar-refractivity contribution in [2.24, 2.45) is 7.05 Å². The van der Waals surface area contributed by atoms with Crippen molar-refractivity contribution < 1.29 is 0 Å². The molecule has 0 spiro atoms. The van der Waals surface area contributed by atoms with Gasteiger partial charge in [0.05, 0.1) is 18.1 Å². The smallest absolute Gasteiger partial charge is 0.154 e. The molecule has 0 radical (unpaired) electrons. The summed E-state index contributed by atoms with van der Waals surface area (Å²) in [5.41, 5.74) is 2.74. The minimum atomic E-state index is 0. The third-order valence-corrected chi connectivity index (χ3v) is 2.24. The van der Waals surface area contributed by atoms with Gasteiger partial charge < -0.3 is 0 Å². The van der Waals surface area contributed by atoms with E-state index in [2.05, 4.69) is 15.2 Å². The highest BCUT2D eigenvalue weighted by atomic mass is 35.5. The zero-order chi connectivity index (χ0) is 10.3. The first kappa shape index (κ1) is 10.6. The van der Waals surface area contributed by atoms with Gasteiger partial charge in [-0.1, -0.05) is 0 Å². The molecule has 0 saturated carbocycles. The third kappa shape index (κ3) is 1.65. The number of aromatic nitrogens is 5. The van der Waals surface area contributed by atoms with Gasteiger partial charge in [-0.15, -0.1) is 12.4 Å². The predicted octanol–water partition coefficient (Wildman–Crippen LogP) is 1.55. The molecular weight excluding hydrogens is 226 g/mol. The first-order valence-electron chi connectivity index (χ1n) is 4.62. The van der Waals surface area contributed by atoms with Gasteiger partial charge in [-0.25, -0.2) is 9.50 Å². The van der Waals surface area contributed by atoms with E-state index in [1.807, 2.05) is 31.6 Å². The number of fused-ring (bicyclic) bond motifs is 1. The summed E-state index contributed by atoms with van der Waals surface area (Å²) in [5.74, 6) is 0. The Morgan fingerprint density at radius 3 is 2.75 bits per heavy atom. The molecule has 3 heterocycles. The van der Waals surface area contributed by atoms with E-state index in [0.29, 0.717) is 0 Å². The zero-order valence-corrected chi connectivity index (χ0v) is 9.42. The number of aryl methyl sites for hydroxylation is 1. The second-order valence-electron chi connectivity index (χ2n) is 3.36. The van der Waals surface area contributed by atoms with Crippen LogP contribution in [0.1, 0.15) is 0 Å². The number of halogens is 1. The summed E-state index contributed by atoms with van der Waals surface area (Å²) in [6.45, 7) is 0. The fourth-order valence-corrected chi connectivity index (χ4v) is 1.52. The monoisotopic (exact) mass is 235 g/mol. The lowest BCUT2D eigenvalue weighted by atomic mass is 10.3. The highest BCUT2D eigenvalue weighted by molar-refractivity contribution is 5.85. The average molecular weight is 236 g/mol. The first-order valence-corrected chi connectivity index (χ1v) is 4.62. The third-order valence-electron chi connectivity index (χ3n) is 2.24. The van der Waals surface area contributed by atoms with Crippen LogP contribution >= 0.6 is 12.4 Å². The molecule has 0 aliphatic rings. The maximum atomic E-state index is 4.44. The second-order valence-corrected chi connectivity index (χ2v) is 3.36. The van der Waals surface area contributed by atoms with E-state index in [0.717, 1.165) is 16.9 Å². The maximum Gasteiger partial charge on any atom is 0.154 e. The van der Waals surface area contributed by atoms with Gasteiger partial charge in [0.15, 0.2) is 5.65 Å². The van der Waals surface area contributed by atoms with Crippen molar-refractivity contribution in [2.45, 2.75) is 0 Å². The molecular formula is C10H10ClN5. The number of imidazole rings is 1. The molecule has 0 fully saturated rings. The van der Waals surface area contributed by atoms with E-state index in [1.165, 1.54) is 0 Å². The molecule has 0 amide bonds. The van der Waals surface area contributed by atoms with Crippen LogP contribution in [0.5, 0.6) is 0 Å². The Morgan fingerprint density at radius 1 is 1.19 bits per heavy atom. The van der Waals surface area contributed by atoms with Crippen LogP contribution in [-0.2, 0) is 7.05 Å². The molecule has 0 unspecified atom stereocenters. The van der Waals surface area contributed by atoms with E-state index >= 15 is 0 Å². The van der Waals surface area contributed by atoms with Gasteiger partial charge >= 0.3 is 0 Å². The Bertz CT molecular complexity index is 579. The lowest BCUT2D eigenvalue weighted by molar-refractivity contribution is 0.768. The molecule has 0 aliphatic heterocycles. The Labute approximate surface area is 98.1 Å². The van der Waals surface area contributed by atoms with E-state index in [1.54, 1.807) is 21.6 Å². The fraction of sp³-hybridized carbons (Fsp3) is 0.100. The maximum absolute atomic E-state index is 4.44. The molecule has 0 bridgehead atoms. The van der Waals surface area contributed by atoms with Gasteiger partial charge in [0.1, 0.15) is 0 Å². The topological polar surface area (TPSA) is 48.0 Å². The van der Waals surface area contributed by atoms with Crippen LogP contribution in [0.4, 0.5) is 0 Å². The molecule has 16 heavy (non-hydrogen) atoms. The van der Waals surface area contributed by atoms with Crippen LogP contribution in [0.3, 0.4) is 0 Å². The molecule has 0 atom stereocenters. The number of rotatable bonds is 1. The summed E-state index contributed by atoms with van der Waals surface area (Å²) in [7, 11) is 1.89. The standard InChI is InChI=1S/C10H9N5.ClH/c1-14-6-8(5-12-14)9-7-15-10(13-9)3-2-4-11-15;/h2-7H,1H3;1H. The van der Waals surface area contributed by atoms with Crippen LogP contribution in [0, 0.1) is 0 Å². The highest BCUT2D eigenvalue weighted by Gasteiger charge is 2.05. The van der Waals surface area contributed by atoms with Crippen molar-refractivity contribution in [1.82, 2.24) is 24.4 Å². The lowest BCUT2D eigenvalue weighted by Crippen LogP contribution is -1.85. The zero-order valence-electron chi connectivity index (χ0n) is 8.61. The second kappa shape index (κ2) is 3.94. The Kier molecular flexibility index (Phi) is 2.62. The minimum absolute atomic E-state index is 0. The molecule has 0 N–H and O–H groups in total. The summed E-state index contributed by atoms with van der Waals surface area (Å²) < 4.78 is 3.51. The largest absolute Gasteiger partial charge is 0.275 e. The molecule has 3 aromatic rings. The summed E-state index contributed by atoms with van der Waals surface area (Å²) in [4.78, 5) is 4.44. The van der Waals surface area contributed by atoms with Crippen LogP contribution in [0.2, 0.25) is 0 Å². The molecule has 3 rings (SSSR count). The number of hydrogen-bond donors (Lipinski definition) is 0.